The highest BCUT2D eigenvalue weighted by atomic mass is 32.2. The second-order valence-corrected chi connectivity index (χ2v) is 10.3. The zero-order valence-electron chi connectivity index (χ0n) is 20.0. The SMILES string of the molecule is NS(=O)(=O)c1ccc(-c2cn(C(CN3CCN(c4ncccn4)CC3)C(=O)c3ccccc3)nn2)cc1. The average Bonchev–Trinajstić information content (AvgIpc) is 3.42. The number of anilines is 1. The van der Waals surface area contributed by atoms with Gasteiger partial charge < -0.3 is 4.90 Å². The van der Waals surface area contributed by atoms with Crippen molar-refractivity contribution in [3.63, 3.8) is 0 Å². The number of nitrogens with two attached hydrogens (primary N) is 1. The van der Waals surface area contributed by atoms with Crippen LogP contribution in [-0.2, 0) is 10.0 Å². The number of primary sulfonamides is 1. The van der Waals surface area contributed by atoms with Crippen molar-refractivity contribution < 1.29 is 13.2 Å². The van der Waals surface area contributed by atoms with Crippen LogP contribution < -0.4 is 10.0 Å². The molecule has 1 aliphatic heterocycles. The predicted octanol–water partition coefficient (Wildman–Crippen LogP) is 1.63. The fourth-order valence-electron chi connectivity index (χ4n) is 4.29. The van der Waals surface area contributed by atoms with Gasteiger partial charge in [0.25, 0.3) is 0 Å². The molecule has 2 N–H and O–H groups in total. The second-order valence-electron chi connectivity index (χ2n) is 8.74. The zero-order valence-corrected chi connectivity index (χ0v) is 20.8. The number of aromatic nitrogens is 5. The van der Waals surface area contributed by atoms with Crippen LogP contribution in [0.1, 0.15) is 16.4 Å². The molecule has 0 amide bonds. The Balaban J connectivity index is 1.36. The Morgan fingerprint density at radius 3 is 2.24 bits per heavy atom. The molecule has 1 fully saturated rings. The van der Waals surface area contributed by atoms with Crippen molar-refractivity contribution in [3.8, 4) is 11.3 Å². The highest BCUT2D eigenvalue weighted by Crippen LogP contribution is 2.22. The van der Waals surface area contributed by atoms with Gasteiger partial charge in [0.15, 0.2) is 5.78 Å². The van der Waals surface area contributed by atoms with Crippen molar-refractivity contribution in [1.29, 1.82) is 0 Å². The third-order valence-electron chi connectivity index (χ3n) is 6.31. The van der Waals surface area contributed by atoms with Gasteiger partial charge in [-0.05, 0) is 18.2 Å². The number of piperazine rings is 1. The summed E-state index contributed by atoms with van der Waals surface area (Å²) in [5.74, 6) is 0.642. The molecule has 0 bridgehead atoms. The van der Waals surface area contributed by atoms with E-state index in [2.05, 4.69) is 30.1 Å². The number of benzene rings is 2. The van der Waals surface area contributed by atoms with Gasteiger partial charge in [-0.1, -0.05) is 47.7 Å². The minimum absolute atomic E-state index is 0.0146. The lowest BCUT2D eigenvalue weighted by Crippen LogP contribution is -2.49. The summed E-state index contributed by atoms with van der Waals surface area (Å²) in [7, 11) is -3.79. The fraction of sp³-hybridized carbons (Fsp3) is 0.240. The van der Waals surface area contributed by atoms with Gasteiger partial charge in [0.2, 0.25) is 16.0 Å². The molecule has 3 heterocycles. The quantitative estimate of drug-likeness (QED) is 0.345. The van der Waals surface area contributed by atoms with Crippen molar-refractivity contribution >= 4 is 21.8 Å². The third-order valence-corrected chi connectivity index (χ3v) is 7.24. The van der Waals surface area contributed by atoms with Crippen LogP contribution in [0, 0.1) is 0 Å². The molecule has 1 aliphatic rings. The molecular formula is C25H26N8O3S. The number of hydrogen-bond donors (Lipinski definition) is 1. The number of ketones is 1. The number of nitrogens with zero attached hydrogens (tertiary/aromatic N) is 7. The monoisotopic (exact) mass is 518 g/mol. The standard InChI is InChI=1S/C25H26N8O3S/c26-37(35,36)21-9-7-19(8-10-21)22-17-33(30-29-22)23(24(34)20-5-2-1-3-6-20)18-31-13-15-32(16-14-31)25-27-11-4-12-28-25/h1-12,17,23H,13-16,18H2,(H2,26,35,36). The summed E-state index contributed by atoms with van der Waals surface area (Å²) < 4.78 is 24.7. The van der Waals surface area contributed by atoms with Gasteiger partial charge in [-0.15, -0.1) is 5.10 Å². The van der Waals surface area contributed by atoms with Gasteiger partial charge >= 0.3 is 0 Å². The Morgan fingerprint density at radius 2 is 1.59 bits per heavy atom. The van der Waals surface area contributed by atoms with Crippen molar-refractivity contribution in [2.45, 2.75) is 10.9 Å². The fourth-order valence-corrected chi connectivity index (χ4v) is 4.80. The zero-order chi connectivity index (χ0) is 25.8. The Bertz CT molecular complexity index is 1450. The normalized spacial score (nSPS) is 15.4. The number of rotatable bonds is 8. The van der Waals surface area contributed by atoms with E-state index in [0.717, 1.165) is 26.2 Å². The third kappa shape index (κ3) is 5.71. The highest BCUT2D eigenvalue weighted by Gasteiger charge is 2.28. The molecule has 1 unspecified atom stereocenters. The van der Waals surface area contributed by atoms with Crippen molar-refractivity contribution in [3.05, 3.63) is 84.8 Å². The molecule has 37 heavy (non-hydrogen) atoms. The van der Waals surface area contributed by atoms with Crippen LogP contribution in [0.25, 0.3) is 11.3 Å². The molecule has 0 spiro atoms. The lowest BCUT2D eigenvalue weighted by atomic mass is 10.0. The summed E-state index contributed by atoms with van der Waals surface area (Å²) in [6.07, 6.45) is 5.17. The van der Waals surface area contributed by atoms with Crippen LogP contribution >= 0.6 is 0 Å². The van der Waals surface area contributed by atoms with E-state index in [9.17, 15) is 13.2 Å². The number of hydrogen-bond acceptors (Lipinski definition) is 9. The van der Waals surface area contributed by atoms with Crippen LogP contribution in [0.3, 0.4) is 0 Å². The van der Waals surface area contributed by atoms with Gasteiger partial charge in [0.05, 0.1) is 11.1 Å². The van der Waals surface area contributed by atoms with E-state index < -0.39 is 16.1 Å². The molecule has 2 aromatic carbocycles. The van der Waals surface area contributed by atoms with Crippen molar-refractivity contribution in [2.24, 2.45) is 5.14 Å². The lowest BCUT2D eigenvalue weighted by molar-refractivity contribution is 0.0871. The maximum Gasteiger partial charge on any atom is 0.238 e. The lowest BCUT2D eigenvalue weighted by Gasteiger charge is -2.36. The minimum Gasteiger partial charge on any atom is -0.338 e. The molecule has 12 heteroatoms. The van der Waals surface area contributed by atoms with Gasteiger partial charge in [0, 0.05) is 56.2 Å². The van der Waals surface area contributed by atoms with Gasteiger partial charge in [0.1, 0.15) is 11.7 Å². The minimum atomic E-state index is -3.79. The molecule has 2 aromatic heterocycles. The molecule has 0 saturated carbocycles. The number of sulfonamides is 1. The summed E-state index contributed by atoms with van der Waals surface area (Å²) in [6, 6.07) is 16.4. The van der Waals surface area contributed by atoms with E-state index in [1.165, 1.54) is 12.1 Å². The predicted molar refractivity (Wildman–Crippen MR) is 137 cm³/mol. The Hall–Kier alpha value is -4.00. The van der Waals surface area contributed by atoms with Gasteiger partial charge in [-0.25, -0.2) is 28.2 Å². The summed E-state index contributed by atoms with van der Waals surface area (Å²) in [6.45, 7) is 3.44. The van der Waals surface area contributed by atoms with Gasteiger partial charge in [-0.2, -0.15) is 0 Å². The molecule has 0 aliphatic carbocycles. The second kappa shape index (κ2) is 10.5. The smallest absolute Gasteiger partial charge is 0.238 e. The Labute approximate surface area is 214 Å². The molecular weight excluding hydrogens is 492 g/mol. The number of Topliss-reactive ketones (excluding diaryl/α,β-unsaturated/α-hetero) is 1. The molecule has 1 saturated heterocycles. The summed E-state index contributed by atoms with van der Waals surface area (Å²) in [5, 5.41) is 13.7. The first-order valence-corrected chi connectivity index (χ1v) is 13.3. The summed E-state index contributed by atoms with van der Waals surface area (Å²) >= 11 is 0. The molecule has 11 nitrogen and oxygen atoms in total. The highest BCUT2D eigenvalue weighted by molar-refractivity contribution is 7.89. The van der Waals surface area contributed by atoms with Crippen molar-refractivity contribution in [2.75, 3.05) is 37.6 Å². The van der Waals surface area contributed by atoms with E-state index in [0.29, 0.717) is 29.3 Å². The first-order valence-electron chi connectivity index (χ1n) is 11.8. The molecule has 4 aromatic rings. The molecule has 0 radical (unpaired) electrons. The number of carbonyl (C=O) groups is 1. The molecule has 5 rings (SSSR count). The van der Waals surface area contributed by atoms with E-state index in [1.54, 1.807) is 53.6 Å². The average molecular weight is 519 g/mol. The van der Waals surface area contributed by atoms with Crippen LogP contribution in [0.2, 0.25) is 0 Å². The Kier molecular flexibility index (Phi) is 7.04. The first-order chi connectivity index (χ1) is 17.9. The van der Waals surface area contributed by atoms with Gasteiger partial charge in [-0.3, -0.25) is 9.69 Å². The largest absolute Gasteiger partial charge is 0.338 e. The van der Waals surface area contributed by atoms with Crippen LogP contribution in [0.15, 0.2) is 84.1 Å². The topological polar surface area (TPSA) is 140 Å². The molecule has 190 valence electrons. The van der Waals surface area contributed by atoms with E-state index in [1.807, 2.05) is 18.2 Å². The Morgan fingerprint density at radius 1 is 0.919 bits per heavy atom. The number of carbonyl (C=O) groups excluding carboxylic acids is 1. The van der Waals surface area contributed by atoms with E-state index >= 15 is 0 Å². The molecule has 1 atom stereocenters. The summed E-state index contributed by atoms with van der Waals surface area (Å²) in [5.41, 5.74) is 1.79. The van der Waals surface area contributed by atoms with Crippen LogP contribution in [0.4, 0.5) is 5.95 Å². The maximum absolute atomic E-state index is 13.6. The summed E-state index contributed by atoms with van der Waals surface area (Å²) in [4.78, 5) is 26.6. The maximum atomic E-state index is 13.6. The van der Waals surface area contributed by atoms with E-state index in [4.69, 9.17) is 5.14 Å². The van der Waals surface area contributed by atoms with Crippen LogP contribution in [0.5, 0.6) is 0 Å². The first kappa shape index (κ1) is 24.7. The van der Waals surface area contributed by atoms with Crippen LogP contribution in [-0.4, -0.2) is 76.8 Å². The van der Waals surface area contributed by atoms with Crippen molar-refractivity contribution in [1.82, 2.24) is 29.9 Å². The van der Waals surface area contributed by atoms with E-state index in [-0.39, 0.29) is 10.7 Å².